The number of hydrogen-bond acceptors (Lipinski definition) is 4. The monoisotopic (exact) mass is 480 g/mol. The van der Waals surface area contributed by atoms with E-state index in [0.29, 0.717) is 5.41 Å². The predicted octanol–water partition coefficient (Wildman–Crippen LogP) is 5.46. The third-order valence-electron chi connectivity index (χ3n) is 8.27. The number of anilines is 1. The van der Waals surface area contributed by atoms with Gasteiger partial charge >= 0.3 is 0 Å². The van der Waals surface area contributed by atoms with Crippen LogP contribution in [0.15, 0.2) is 42.5 Å². The molecule has 4 nitrogen and oxygen atoms in total. The number of pyridine rings is 1. The van der Waals surface area contributed by atoms with Gasteiger partial charge in [-0.1, -0.05) is 37.0 Å². The quantitative estimate of drug-likeness (QED) is 0.332. The van der Waals surface area contributed by atoms with Crippen LogP contribution in [0.2, 0.25) is 5.82 Å². The van der Waals surface area contributed by atoms with Crippen molar-refractivity contribution in [1.29, 1.82) is 0 Å². The summed E-state index contributed by atoms with van der Waals surface area (Å²) < 4.78 is 0. The maximum absolute atomic E-state index is 6.19. The van der Waals surface area contributed by atoms with E-state index >= 15 is 0 Å². The molecule has 2 atom stereocenters. The molecule has 2 aliphatic heterocycles. The van der Waals surface area contributed by atoms with E-state index < -0.39 is 0 Å². The molecule has 2 fully saturated rings. The first-order valence-corrected chi connectivity index (χ1v) is 13.9. The molecule has 2 N–H and O–H groups in total. The van der Waals surface area contributed by atoms with Gasteiger partial charge in [0.05, 0.1) is 19.1 Å². The Balaban J connectivity index is 1.53. The Hall–Kier alpha value is -2.37. The first-order valence-electron chi connectivity index (χ1n) is 13.9. The number of piperidine rings is 1. The summed E-state index contributed by atoms with van der Waals surface area (Å²) in [6, 6.07) is 16.0. The molecule has 0 bridgehead atoms. The zero-order valence-corrected chi connectivity index (χ0v) is 22.4. The van der Waals surface area contributed by atoms with Crippen molar-refractivity contribution in [2.75, 3.05) is 44.7 Å². The van der Waals surface area contributed by atoms with Gasteiger partial charge in [-0.05, 0) is 100 Å². The van der Waals surface area contributed by atoms with Gasteiger partial charge in [-0.3, -0.25) is 0 Å². The summed E-state index contributed by atoms with van der Waals surface area (Å²) in [5, 5.41) is 8.18. The van der Waals surface area contributed by atoms with E-state index in [1.54, 1.807) is 0 Å². The minimum atomic E-state index is 0.136. The maximum Gasteiger partial charge on any atom is 0.0733 e. The van der Waals surface area contributed by atoms with Gasteiger partial charge < -0.3 is 15.5 Å². The van der Waals surface area contributed by atoms with Gasteiger partial charge in [-0.15, -0.1) is 0 Å². The van der Waals surface area contributed by atoms with Gasteiger partial charge in [0.25, 0.3) is 0 Å². The van der Waals surface area contributed by atoms with Gasteiger partial charge in [-0.25, -0.2) is 4.98 Å². The normalized spacial score (nSPS) is 20.9. The van der Waals surface area contributed by atoms with Crippen LogP contribution < -0.4 is 15.5 Å². The third kappa shape index (κ3) is 5.48. The minimum absolute atomic E-state index is 0.136. The van der Waals surface area contributed by atoms with Gasteiger partial charge in [-0.2, -0.15) is 0 Å². The van der Waals surface area contributed by atoms with Crippen molar-refractivity contribution < 1.29 is 0 Å². The second-order valence-corrected chi connectivity index (χ2v) is 11.4. The van der Waals surface area contributed by atoms with E-state index in [2.05, 4.69) is 71.8 Å². The average Bonchev–Trinajstić information content (AvgIpc) is 3.27. The molecule has 5 heteroatoms. The van der Waals surface area contributed by atoms with Crippen LogP contribution in [0.4, 0.5) is 5.69 Å². The lowest BCUT2D eigenvalue weighted by atomic mass is 9.80. The molecular formula is C31H41BN4. The summed E-state index contributed by atoms with van der Waals surface area (Å²) in [5.74, 6) is 0.136. The molecule has 2 aromatic carbocycles. The van der Waals surface area contributed by atoms with Gasteiger partial charge in [0.2, 0.25) is 0 Å². The second-order valence-electron chi connectivity index (χ2n) is 11.4. The smallest absolute Gasteiger partial charge is 0.0733 e. The molecule has 3 heterocycles. The molecule has 188 valence electrons. The van der Waals surface area contributed by atoms with Crippen molar-refractivity contribution in [3.8, 4) is 11.3 Å². The lowest BCUT2D eigenvalue weighted by Gasteiger charge is -2.34. The minimum Gasteiger partial charge on any atom is -0.370 e. The number of hydrogen-bond donors (Lipinski definition) is 2. The molecular weight excluding hydrogens is 439 g/mol. The highest BCUT2D eigenvalue weighted by molar-refractivity contribution is 6.11. The molecule has 0 amide bonds. The fraction of sp³-hybridized carbons (Fsp3) is 0.516. The van der Waals surface area contributed by atoms with Crippen molar-refractivity contribution in [1.82, 2.24) is 15.6 Å². The number of aryl methyl sites for hydroxylation is 2. The molecule has 2 unspecified atom stereocenters. The van der Waals surface area contributed by atoms with E-state index in [4.69, 9.17) is 12.8 Å². The van der Waals surface area contributed by atoms with Crippen LogP contribution in [0.1, 0.15) is 49.3 Å². The summed E-state index contributed by atoms with van der Waals surface area (Å²) in [5.41, 5.74) is 9.10. The van der Waals surface area contributed by atoms with Gasteiger partial charge in [0, 0.05) is 41.7 Å². The maximum atomic E-state index is 6.19. The zero-order chi connectivity index (χ0) is 25.1. The lowest BCUT2D eigenvalue weighted by Crippen LogP contribution is -2.41. The molecule has 5 rings (SSSR count). The predicted molar refractivity (Wildman–Crippen MR) is 154 cm³/mol. The Labute approximate surface area is 218 Å². The van der Waals surface area contributed by atoms with Crippen LogP contribution in [-0.2, 0) is 12.8 Å². The summed E-state index contributed by atoms with van der Waals surface area (Å²) >= 11 is 0. The fourth-order valence-electron chi connectivity index (χ4n) is 6.21. The Morgan fingerprint density at radius 3 is 2.72 bits per heavy atom. The molecule has 2 aliphatic rings. The Kier molecular flexibility index (Phi) is 7.69. The number of benzene rings is 2. The van der Waals surface area contributed by atoms with E-state index in [-0.39, 0.29) is 5.82 Å². The van der Waals surface area contributed by atoms with Gasteiger partial charge in [0.15, 0.2) is 0 Å². The largest absolute Gasteiger partial charge is 0.370 e. The van der Waals surface area contributed by atoms with Crippen molar-refractivity contribution in [2.24, 2.45) is 5.41 Å². The Morgan fingerprint density at radius 1 is 1.17 bits per heavy atom. The van der Waals surface area contributed by atoms with Crippen LogP contribution in [0, 0.1) is 12.3 Å². The van der Waals surface area contributed by atoms with E-state index in [9.17, 15) is 0 Å². The Morgan fingerprint density at radius 2 is 2.00 bits per heavy atom. The van der Waals surface area contributed by atoms with Crippen molar-refractivity contribution in [2.45, 2.75) is 58.2 Å². The average molecular weight is 481 g/mol. The topological polar surface area (TPSA) is 40.2 Å². The molecule has 2 radical (unpaired) electrons. The molecule has 1 spiro atoms. The number of nitrogens with one attached hydrogen (secondary N) is 2. The van der Waals surface area contributed by atoms with E-state index in [0.717, 1.165) is 63.2 Å². The van der Waals surface area contributed by atoms with Crippen molar-refractivity contribution in [3.05, 3.63) is 59.2 Å². The summed E-state index contributed by atoms with van der Waals surface area (Å²) in [4.78, 5) is 7.84. The molecule has 36 heavy (non-hydrogen) atoms. The highest BCUT2D eigenvalue weighted by Gasteiger charge is 2.39. The van der Waals surface area contributed by atoms with Crippen LogP contribution in [0.25, 0.3) is 22.2 Å². The van der Waals surface area contributed by atoms with Crippen LogP contribution in [0.3, 0.4) is 0 Å². The highest BCUT2D eigenvalue weighted by atomic mass is 15.2. The molecule has 1 aromatic heterocycles. The number of fused-ring (bicyclic) bond motifs is 1. The highest BCUT2D eigenvalue weighted by Crippen LogP contribution is 2.42. The number of rotatable bonds is 8. The number of aromatic nitrogens is 1. The van der Waals surface area contributed by atoms with Crippen LogP contribution >= 0.6 is 0 Å². The zero-order valence-electron chi connectivity index (χ0n) is 22.4. The Bertz CT molecular complexity index is 1180. The molecule has 3 aromatic rings. The van der Waals surface area contributed by atoms with Crippen molar-refractivity contribution >= 4 is 24.4 Å². The van der Waals surface area contributed by atoms with Crippen LogP contribution in [-0.4, -0.2) is 52.6 Å². The van der Waals surface area contributed by atoms with Gasteiger partial charge in [0.1, 0.15) is 0 Å². The SMILES string of the molecule is [B]C(C)Cc1cc2nc(-c3ccc(CCCNC)cc3)cc(N3CCC4(CCCNC4)C3)c2cc1C. The summed E-state index contributed by atoms with van der Waals surface area (Å²) in [6.07, 6.45) is 7.02. The first-order chi connectivity index (χ1) is 17.5. The van der Waals surface area contributed by atoms with Crippen molar-refractivity contribution in [3.63, 3.8) is 0 Å². The third-order valence-corrected chi connectivity index (χ3v) is 8.27. The molecule has 0 aliphatic carbocycles. The summed E-state index contributed by atoms with van der Waals surface area (Å²) in [6.45, 7) is 9.90. The molecule has 0 saturated carbocycles. The second kappa shape index (κ2) is 10.9. The standard InChI is InChI=1S/C31H41BN4/c1-22-16-27-29(18-26(22)17-23(2)32)35-28(25-9-7-24(8-10-25)6-4-13-33-3)19-30(27)36-15-12-31(21-36)11-5-14-34-20-31/h7-10,16,18-19,23,33-34H,4-6,11-15,17,20-21H2,1-3H3. The van der Waals surface area contributed by atoms with Crippen LogP contribution in [0.5, 0.6) is 0 Å². The fourth-order valence-corrected chi connectivity index (χ4v) is 6.21. The molecule has 2 saturated heterocycles. The lowest BCUT2D eigenvalue weighted by molar-refractivity contribution is 0.239. The first kappa shape index (κ1) is 25.3. The van der Waals surface area contributed by atoms with E-state index in [1.807, 2.05) is 7.05 Å². The number of nitrogens with zero attached hydrogens (tertiary/aromatic N) is 2. The summed E-state index contributed by atoms with van der Waals surface area (Å²) in [7, 11) is 8.20. The van der Waals surface area contributed by atoms with E-state index in [1.165, 1.54) is 52.6 Å².